The summed E-state index contributed by atoms with van der Waals surface area (Å²) in [6, 6.07) is 0. The predicted octanol–water partition coefficient (Wildman–Crippen LogP) is 0.643. The minimum Gasteiger partial charge on any atom is -0.477 e. The predicted molar refractivity (Wildman–Crippen MR) is 62.7 cm³/mol. The van der Waals surface area contributed by atoms with Crippen LogP contribution in [0.4, 0.5) is 0 Å². The highest BCUT2D eigenvalue weighted by molar-refractivity contribution is 6.02. The van der Waals surface area contributed by atoms with Crippen LogP contribution in [-0.4, -0.2) is 32.1 Å². The van der Waals surface area contributed by atoms with Crippen molar-refractivity contribution in [1.29, 1.82) is 0 Å². The molecule has 0 aromatic carbocycles. The Hall–Kier alpha value is -2.64. The molecule has 0 aliphatic rings. The van der Waals surface area contributed by atoms with Crippen LogP contribution in [0.2, 0.25) is 0 Å². The summed E-state index contributed by atoms with van der Waals surface area (Å²) in [5.41, 5.74) is 1.05. The largest absolute Gasteiger partial charge is 0.477 e. The van der Waals surface area contributed by atoms with E-state index in [1.165, 1.54) is 0 Å². The molecule has 2 rings (SSSR count). The Bertz CT molecular complexity index is 609. The van der Waals surface area contributed by atoms with Gasteiger partial charge in [0.25, 0.3) is 5.91 Å². The molecule has 0 saturated heterocycles. The molecule has 0 fully saturated rings. The van der Waals surface area contributed by atoms with Crippen molar-refractivity contribution in [2.75, 3.05) is 0 Å². The zero-order valence-corrected chi connectivity index (χ0v) is 10.4. The fourth-order valence-electron chi connectivity index (χ4n) is 1.64. The second-order valence-electron chi connectivity index (χ2n) is 3.92. The number of aromatic nitrogens is 3. The second kappa shape index (κ2) is 4.92. The summed E-state index contributed by atoms with van der Waals surface area (Å²) in [7, 11) is 0. The number of rotatable bonds is 4. The number of aromatic amines is 1. The fourth-order valence-corrected chi connectivity index (χ4v) is 1.64. The van der Waals surface area contributed by atoms with Crippen molar-refractivity contribution in [2.45, 2.75) is 20.4 Å². The van der Waals surface area contributed by atoms with E-state index in [0.717, 1.165) is 11.9 Å². The van der Waals surface area contributed by atoms with Crippen molar-refractivity contribution < 1.29 is 19.2 Å². The van der Waals surface area contributed by atoms with Gasteiger partial charge in [-0.25, -0.2) is 9.78 Å². The quantitative estimate of drug-likeness (QED) is 0.745. The molecular formula is C11H12N4O4. The number of carboxylic acids is 1. The minimum absolute atomic E-state index is 0.153. The molecular weight excluding hydrogens is 252 g/mol. The molecule has 8 nitrogen and oxygen atoms in total. The molecule has 19 heavy (non-hydrogen) atoms. The maximum Gasteiger partial charge on any atom is 0.354 e. The number of aromatic carboxylic acids is 1. The van der Waals surface area contributed by atoms with Crippen molar-refractivity contribution in [2.24, 2.45) is 0 Å². The van der Waals surface area contributed by atoms with Gasteiger partial charge in [0.05, 0.1) is 12.0 Å². The summed E-state index contributed by atoms with van der Waals surface area (Å²) in [6.45, 7) is 3.69. The molecule has 0 bridgehead atoms. The van der Waals surface area contributed by atoms with Gasteiger partial charge in [-0.1, -0.05) is 5.16 Å². The third kappa shape index (κ3) is 2.46. The van der Waals surface area contributed by atoms with Gasteiger partial charge in [0.15, 0.2) is 11.4 Å². The summed E-state index contributed by atoms with van der Waals surface area (Å²) in [5.74, 6) is -1.20. The third-order valence-corrected chi connectivity index (χ3v) is 2.68. The Balaban J connectivity index is 2.10. The first-order chi connectivity index (χ1) is 9.00. The smallest absolute Gasteiger partial charge is 0.354 e. The summed E-state index contributed by atoms with van der Waals surface area (Å²) < 4.78 is 4.96. The number of nitrogens with zero attached hydrogens (tertiary/aromatic N) is 2. The maximum atomic E-state index is 11.8. The lowest BCUT2D eigenvalue weighted by Crippen LogP contribution is -2.25. The summed E-state index contributed by atoms with van der Waals surface area (Å²) >= 11 is 0. The van der Waals surface area contributed by atoms with Gasteiger partial charge in [-0.05, 0) is 13.8 Å². The number of amides is 1. The molecule has 2 heterocycles. The van der Waals surface area contributed by atoms with Gasteiger partial charge in [-0.15, -0.1) is 0 Å². The van der Waals surface area contributed by atoms with Gasteiger partial charge >= 0.3 is 5.97 Å². The van der Waals surface area contributed by atoms with Crippen LogP contribution in [0.1, 0.15) is 38.0 Å². The van der Waals surface area contributed by atoms with Crippen molar-refractivity contribution in [1.82, 2.24) is 20.4 Å². The van der Waals surface area contributed by atoms with E-state index in [2.05, 4.69) is 20.4 Å². The van der Waals surface area contributed by atoms with Gasteiger partial charge in [0.1, 0.15) is 5.76 Å². The fraction of sp³-hybridized carbons (Fsp3) is 0.273. The van der Waals surface area contributed by atoms with Crippen LogP contribution in [0.25, 0.3) is 0 Å². The van der Waals surface area contributed by atoms with Crippen molar-refractivity contribution in [3.63, 3.8) is 0 Å². The molecule has 1 amide bonds. The number of hydrogen-bond acceptors (Lipinski definition) is 5. The number of aryl methyl sites for hydroxylation is 2. The average Bonchev–Trinajstić information content (AvgIpc) is 2.95. The van der Waals surface area contributed by atoms with Crippen molar-refractivity contribution >= 4 is 11.9 Å². The highest BCUT2D eigenvalue weighted by Gasteiger charge is 2.20. The maximum absolute atomic E-state index is 11.8. The Morgan fingerprint density at radius 3 is 2.79 bits per heavy atom. The Morgan fingerprint density at radius 1 is 1.47 bits per heavy atom. The normalized spacial score (nSPS) is 10.4. The van der Waals surface area contributed by atoms with Crippen LogP contribution in [-0.2, 0) is 6.54 Å². The molecule has 100 valence electrons. The number of H-pyrrole nitrogens is 1. The first kappa shape index (κ1) is 12.8. The molecule has 0 radical (unpaired) electrons. The Kier molecular flexibility index (Phi) is 3.32. The molecule has 0 aliphatic heterocycles. The van der Waals surface area contributed by atoms with Gasteiger partial charge in [-0.3, -0.25) is 4.79 Å². The Morgan fingerprint density at radius 2 is 2.21 bits per heavy atom. The van der Waals surface area contributed by atoms with Crippen LogP contribution in [0.15, 0.2) is 10.9 Å². The first-order valence-corrected chi connectivity index (χ1v) is 5.47. The number of nitrogens with one attached hydrogen (secondary N) is 2. The number of imidazole rings is 1. The minimum atomic E-state index is -1.24. The average molecular weight is 264 g/mol. The molecule has 8 heteroatoms. The van der Waals surface area contributed by atoms with E-state index in [1.54, 1.807) is 13.8 Å². The van der Waals surface area contributed by atoms with Gasteiger partial charge in [0.2, 0.25) is 0 Å². The van der Waals surface area contributed by atoms with Gasteiger partial charge in [0, 0.05) is 12.1 Å². The lowest BCUT2D eigenvalue weighted by Gasteiger charge is -2.03. The SMILES string of the molecule is Cc1noc(C)c1CNC(=O)c1nc[nH]c1C(=O)O. The van der Waals surface area contributed by atoms with E-state index in [0.29, 0.717) is 11.5 Å². The van der Waals surface area contributed by atoms with E-state index in [9.17, 15) is 9.59 Å². The molecule has 0 atom stereocenters. The number of carbonyl (C=O) groups is 2. The zero-order valence-electron chi connectivity index (χ0n) is 10.4. The van der Waals surface area contributed by atoms with Gasteiger partial charge in [-0.2, -0.15) is 0 Å². The summed E-state index contributed by atoms with van der Waals surface area (Å²) in [4.78, 5) is 28.8. The standard InChI is InChI=1S/C11H12N4O4/c1-5-7(6(2)19-15-5)3-12-10(16)8-9(11(17)18)14-4-13-8/h4H,3H2,1-2H3,(H,12,16)(H,13,14)(H,17,18). The second-order valence-corrected chi connectivity index (χ2v) is 3.92. The van der Waals surface area contributed by atoms with Crippen LogP contribution in [0, 0.1) is 13.8 Å². The topological polar surface area (TPSA) is 121 Å². The molecule has 0 aliphatic carbocycles. The van der Waals surface area contributed by atoms with Crippen LogP contribution >= 0.6 is 0 Å². The van der Waals surface area contributed by atoms with Crippen molar-refractivity contribution in [3.05, 3.63) is 34.7 Å². The van der Waals surface area contributed by atoms with E-state index < -0.39 is 11.9 Å². The first-order valence-electron chi connectivity index (χ1n) is 5.47. The molecule has 0 saturated carbocycles. The lowest BCUT2D eigenvalue weighted by atomic mass is 10.2. The third-order valence-electron chi connectivity index (χ3n) is 2.68. The lowest BCUT2D eigenvalue weighted by molar-refractivity contribution is 0.0685. The number of carbonyl (C=O) groups excluding carboxylic acids is 1. The monoisotopic (exact) mass is 264 g/mol. The molecule has 2 aromatic rings. The van der Waals surface area contributed by atoms with Gasteiger partial charge < -0.3 is 19.9 Å². The number of carboxylic acid groups (broad SMARTS) is 1. The molecule has 0 unspecified atom stereocenters. The Labute approximate surface area is 107 Å². The van der Waals surface area contributed by atoms with Crippen LogP contribution in [0.5, 0.6) is 0 Å². The molecule has 3 N–H and O–H groups in total. The molecule has 2 aromatic heterocycles. The van der Waals surface area contributed by atoms with E-state index in [4.69, 9.17) is 9.63 Å². The zero-order chi connectivity index (χ0) is 14.0. The highest BCUT2D eigenvalue weighted by Crippen LogP contribution is 2.12. The van der Waals surface area contributed by atoms with E-state index >= 15 is 0 Å². The summed E-state index contributed by atoms with van der Waals surface area (Å²) in [6.07, 6.45) is 1.16. The van der Waals surface area contributed by atoms with Crippen LogP contribution < -0.4 is 5.32 Å². The molecule has 0 spiro atoms. The van der Waals surface area contributed by atoms with E-state index in [1.807, 2.05) is 0 Å². The summed E-state index contributed by atoms with van der Waals surface area (Å²) in [5, 5.41) is 15.2. The van der Waals surface area contributed by atoms with Crippen molar-refractivity contribution in [3.8, 4) is 0 Å². The number of hydrogen-bond donors (Lipinski definition) is 3. The highest BCUT2D eigenvalue weighted by atomic mass is 16.5. The van der Waals surface area contributed by atoms with E-state index in [-0.39, 0.29) is 17.9 Å². The van der Waals surface area contributed by atoms with Crippen LogP contribution in [0.3, 0.4) is 0 Å².